The standard InChI is InChI=1S/C13H19NO2/c1-10(15)11-5-7-12(8-6-11)14-9-13(2,3)16-4/h5-8,14H,9H2,1-4H3. The SMILES string of the molecule is COC(C)(C)CNc1ccc(C(C)=O)cc1. The van der Waals surface area contributed by atoms with Gasteiger partial charge in [-0.15, -0.1) is 0 Å². The number of anilines is 1. The molecule has 1 aromatic carbocycles. The number of nitrogens with one attached hydrogen (secondary N) is 1. The van der Waals surface area contributed by atoms with Gasteiger partial charge in [0.25, 0.3) is 0 Å². The molecule has 88 valence electrons. The summed E-state index contributed by atoms with van der Waals surface area (Å²) in [6, 6.07) is 7.46. The second-order valence-electron chi connectivity index (χ2n) is 4.45. The van der Waals surface area contributed by atoms with Crippen LogP contribution >= 0.6 is 0 Å². The van der Waals surface area contributed by atoms with E-state index in [0.29, 0.717) is 0 Å². The molecule has 0 aliphatic carbocycles. The maximum Gasteiger partial charge on any atom is 0.159 e. The molecule has 3 heteroatoms. The molecule has 3 nitrogen and oxygen atoms in total. The molecule has 0 fully saturated rings. The van der Waals surface area contributed by atoms with Crippen LogP contribution in [0.1, 0.15) is 31.1 Å². The van der Waals surface area contributed by atoms with Crippen molar-refractivity contribution < 1.29 is 9.53 Å². The first kappa shape index (κ1) is 12.7. The molecule has 0 aliphatic heterocycles. The highest BCUT2D eigenvalue weighted by Crippen LogP contribution is 2.13. The van der Waals surface area contributed by atoms with E-state index in [4.69, 9.17) is 4.74 Å². The fourth-order valence-corrected chi connectivity index (χ4v) is 1.21. The average Bonchev–Trinajstić information content (AvgIpc) is 2.27. The van der Waals surface area contributed by atoms with Crippen molar-refractivity contribution in [1.82, 2.24) is 0 Å². The van der Waals surface area contributed by atoms with Crippen LogP contribution in [0.5, 0.6) is 0 Å². The van der Waals surface area contributed by atoms with E-state index in [1.807, 2.05) is 38.1 Å². The molecule has 16 heavy (non-hydrogen) atoms. The summed E-state index contributed by atoms with van der Waals surface area (Å²) in [7, 11) is 1.69. The van der Waals surface area contributed by atoms with Gasteiger partial charge in [-0.1, -0.05) is 0 Å². The lowest BCUT2D eigenvalue weighted by molar-refractivity contribution is 0.0344. The number of rotatable bonds is 5. The van der Waals surface area contributed by atoms with Crippen LogP contribution in [0.2, 0.25) is 0 Å². The summed E-state index contributed by atoms with van der Waals surface area (Å²) in [5.41, 5.74) is 1.53. The number of ether oxygens (including phenoxy) is 1. The third-order valence-corrected chi connectivity index (χ3v) is 2.56. The minimum atomic E-state index is -0.195. The first-order valence-electron chi connectivity index (χ1n) is 5.34. The predicted molar refractivity (Wildman–Crippen MR) is 66.0 cm³/mol. The molecule has 0 aliphatic rings. The van der Waals surface area contributed by atoms with Crippen molar-refractivity contribution in [3.8, 4) is 0 Å². The van der Waals surface area contributed by atoms with Gasteiger partial charge in [0.1, 0.15) is 0 Å². The Hall–Kier alpha value is -1.35. The molecule has 0 amide bonds. The fourth-order valence-electron chi connectivity index (χ4n) is 1.21. The number of hydrogen-bond donors (Lipinski definition) is 1. The lowest BCUT2D eigenvalue weighted by Gasteiger charge is -2.23. The first-order chi connectivity index (χ1) is 7.44. The van der Waals surface area contributed by atoms with Gasteiger partial charge in [0.15, 0.2) is 5.78 Å². The van der Waals surface area contributed by atoms with Crippen molar-refractivity contribution in [2.24, 2.45) is 0 Å². The van der Waals surface area contributed by atoms with E-state index in [-0.39, 0.29) is 11.4 Å². The van der Waals surface area contributed by atoms with Gasteiger partial charge in [-0.25, -0.2) is 0 Å². The van der Waals surface area contributed by atoms with Gasteiger partial charge in [0.2, 0.25) is 0 Å². The molecule has 0 saturated carbocycles. The number of methoxy groups -OCH3 is 1. The summed E-state index contributed by atoms with van der Waals surface area (Å²) >= 11 is 0. The van der Waals surface area contributed by atoms with Crippen LogP contribution in [0.15, 0.2) is 24.3 Å². The van der Waals surface area contributed by atoms with E-state index < -0.39 is 0 Å². The van der Waals surface area contributed by atoms with Crippen LogP contribution in [0.3, 0.4) is 0 Å². The number of benzene rings is 1. The smallest absolute Gasteiger partial charge is 0.159 e. The van der Waals surface area contributed by atoms with Gasteiger partial charge in [0.05, 0.1) is 5.60 Å². The van der Waals surface area contributed by atoms with Gasteiger partial charge >= 0.3 is 0 Å². The van der Waals surface area contributed by atoms with Crippen molar-refractivity contribution in [2.45, 2.75) is 26.4 Å². The summed E-state index contributed by atoms with van der Waals surface area (Å²) in [6.45, 7) is 6.33. The number of ketones is 1. The van der Waals surface area contributed by atoms with Crippen molar-refractivity contribution in [1.29, 1.82) is 0 Å². The number of carbonyl (C=O) groups is 1. The first-order valence-corrected chi connectivity index (χ1v) is 5.34. The molecule has 0 bridgehead atoms. The van der Waals surface area contributed by atoms with Crippen LogP contribution in [0.4, 0.5) is 5.69 Å². The van der Waals surface area contributed by atoms with Crippen LogP contribution in [-0.4, -0.2) is 25.0 Å². The minimum Gasteiger partial charge on any atom is -0.382 e. The van der Waals surface area contributed by atoms with Gasteiger partial charge in [0, 0.05) is 24.9 Å². The quantitative estimate of drug-likeness (QED) is 0.777. The summed E-state index contributed by atoms with van der Waals surface area (Å²) < 4.78 is 5.30. The number of hydrogen-bond acceptors (Lipinski definition) is 3. The Morgan fingerprint density at radius 1 is 1.31 bits per heavy atom. The summed E-state index contributed by atoms with van der Waals surface area (Å²) in [6.07, 6.45) is 0. The number of Topliss-reactive ketones (excluding diaryl/α,β-unsaturated/α-hetero) is 1. The van der Waals surface area contributed by atoms with E-state index in [1.54, 1.807) is 14.0 Å². The van der Waals surface area contributed by atoms with Gasteiger partial charge in [-0.3, -0.25) is 4.79 Å². The molecule has 0 heterocycles. The highest BCUT2D eigenvalue weighted by Gasteiger charge is 2.15. The third-order valence-electron chi connectivity index (χ3n) is 2.56. The lowest BCUT2D eigenvalue weighted by Crippen LogP contribution is -2.32. The molecule has 1 rings (SSSR count). The topological polar surface area (TPSA) is 38.3 Å². The second-order valence-corrected chi connectivity index (χ2v) is 4.45. The molecule has 0 saturated heterocycles. The zero-order valence-corrected chi connectivity index (χ0v) is 10.3. The maximum absolute atomic E-state index is 11.1. The molecular weight excluding hydrogens is 202 g/mol. The van der Waals surface area contributed by atoms with E-state index in [0.717, 1.165) is 17.8 Å². The third kappa shape index (κ3) is 3.66. The van der Waals surface area contributed by atoms with E-state index >= 15 is 0 Å². The molecule has 0 radical (unpaired) electrons. The van der Waals surface area contributed by atoms with Gasteiger partial charge < -0.3 is 10.1 Å². The van der Waals surface area contributed by atoms with Crippen molar-refractivity contribution in [3.05, 3.63) is 29.8 Å². The zero-order valence-electron chi connectivity index (χ0n) is 10.3. The molecule has 1 aromatic rings. The summed E-state index contributed by atoms with van der Waals surface area (Å²) in [4.78, 5) is 11.1. The Bertz CT molecular complexity index is 355. The Morgan fingerprint density at radius 2 is 1.88 bits per heavy atom. The van der Waals surface area contributed by atoms with Crippen LogP contribution < -0.4 is 5.32 Å². The monoisotopic (exact) mass is 221 g/mol. The molecule has 1 N–H and O–H groups in total. The Morgan fingerprint density at radius 3 is 2.31 bits per heavy atom. The van der Waals surface area contributed by atoms with Crippen molar-refractivity contribution >= 4 is 11.5 Å². The molecule has 0 aromatic heterocycles. The van der Waals surface area contributed by atoms with Crippen molar-refractivity contribution in [3.63, 3.8) is 0 Å². The largest absolute Gasteiger partial charge is 0.382 e. The Labute approximate surface area is 96.8 Å². The maximum atomic E-state index is 11.1. The predicted octanol–water partition coefficient (Wildman–Crippen LogP) is 2.73. The van der Waals surface area contributed by atoms with E-state index in [1.165, 1.54) is 0 Å². The zero-order chi connectivity index (χ0) is 12.2. The van der Waals surface area contributed by atoms with E-state index in [9.17, 15) is 4.79 Å². The summed E-state index contributed by atoms with van der Waals surface area (Å²) in [5.74, 6) is 0.0868. The van der Waals surface area contributed by atoms with E-state index in [2.05, 4.69) is 5.32 Å². The molecular formula is C13H19NO2. The Kier molecular flexibility index (Phi) is 4.07. The normalized spacial score (nSPS) is 11.2. The van der Waals surface area contributed by atoms with Gasteiger partial charge in [-0.05, 0) is 45.0 Å². The van der Waals surface area contributed by atoms with Crippen LogP contribution in [-0.2, 0) is 4.74 Å². The Balaban J connectivity index is 2.59. The lowest BCUT2D eigenvalue weighted by atomic mass is 10.1. The molecule has 0 spiro atoms. The highest BCUT2D eigenvalue weighted by molar-refractivity contribution is 5.94. The minimum absolute atomic E-state index is 0.0868. The van der Waals surface area contributed by atoms with Gasteiger partial charge in [-0.2, -0.15) is 0 Å². The van der Waals surface area contributed by atoms with Crippen molar-refractivity contribution in [2.75, 3.05) is 19.0 Å². The second kappa shape index (κ2) is 5.12. The fraction of sp³-hybridized carbons (Fsp3) is 0.462. The number of carbonyl (C=O) groups excluding carboxylic acids is 1. The molecule has 0 atom stereocenters. The molecule has 0 unspecified atom stereocenters. The average molecular weight is 221 g/mol. The summed E-state index contributed by atoms with van der Waals surface area (Å²) in [5, 5.41) is 3.27. The van der Waals surface area contributed by atoms with Crippen LogP contribution in [0.25, 0.3) is 0 Å². The highest BCUT2D eigenvalue weighted by atomic mass is 16.5. The van der Waals surface area contributed by atoms with Crippen LogP contribution in [0, 0.1) is 0 Å².